The maximum Gasteiger partial charge on any atom is 0.231 e. The van der Waals surface area contributed by atoms with E-state index in [9.17, 15) is 14.0 Å². The van der Waals surface area contributed by atoms with Gasteiger partial charge < -0.3 is 15.1 Å². The van der Waals surface area contributed by atoms with Crippen LogP contribution in [0, 0.1) is 5.82 Å². The molecule has 1 atom stereocenters. The van der Waals surface area contributed by atoms with Crippen molar-refractivity contribution in [2.75, 3.05) is 32.5 Å². The lowest BCUT2D eigenvalue weighted by Crippen LogP contribution is -2.41. The van der Waals surface area contributed by atoms with Gasteiger partial charge in [-0.05, 0) is 31.8 Å². The molecule has 0 aliphatic carbocycles. The molecule has 0 spiro atoms. The fourth-order valence-electron chi connectivity index (χ4n) is 3.27. The Kier molecular flexibility index (Phi) is 5.86. The van der Waals surface area contributed by atoms with Crippen LogP contribution >= 0.6 is 0 Å². The maximum absolute atomic E-state index is 14.1. The lowest BCUT2D eigenvalue weighted by Gasteiger charge is -2.31. The summed E-state index contributed by atoms with van der Waals surface area (Å²) in [5.74, 6) is -1.21. The normalized spacial score (nSPS) is 16.0. The van der Waals surface area contributed by atoms with Gasteiger partial charge in [-0.3, -0.25) is 9.59 Å². The zero-order chi connectivity index (χ0) is 19.4. The first-order valence-corrected chi connectivity index (χ1v) is 9.01. The molecule has 1 aliphatic rings. The quantitative estimate of drug-likeness (QED) is 0.852. The maximum atomic E-state index is 14.1. The zero-order valence-corrected chi connectivity index (χ0v) is 15.6. The van der Waals surface area contributed by atoms with Crippen LogP contribution in [0.5, 0.6) is 0 Å². The van der Waals surface area contributed by atoms with E-state index in [0.29, 0.717) is 24.3 Å². The molecule has 2 amide bonds. The predicted molar refractivity (Wildman–Crippen MR) is 103 cm³/mol. The van der Waals surface area contributed by atoms with Crippen molar-refractivity contribution in [2.45, 2.75) is 18.9 Å². The molecule has 0 bridgehead atoms. The van der Waals surface area contributed by atoms with Gasteiger partial charge in [0.05, 0.1) is 5.92 Å². The molecule has 0 radical (unpaired) electrons. The Morgan fingerprint density at radius 1 is 1.11 bits per heavy atom. The number of carbonyl (C=O) groups excluding carboxylic acids is 2. The highest BCUT2D eigenvalue weighted by molar-refractivity contribution is 6.01. The summed E-state index contributed by atoms with van der Waals surface area (Å²) in [7, 11) is 3.85. The first-order chi connectivity index (χ1) is 13.0. The average Bonchev–Trinajstić information content (AvgIpc) is 2.65. The topological polar surface area (TPSA) is 52.7 Å². The summed E-state index contributed by atoms with van der Waals surface area (Å²) in [6, 6.07) is 13.8. The molecule has 2 aromatic rings. The number of fused-ring (bicyclic) bond motifs is 1. The molecular formula is C21H24FN3O2. The van der Waals surface area contributed by atoms with Crippen LogP contribution in [-0.4, -0.2) is 48.8 Å². The summed E-state index contributed by atoms with van der Waals surface area (Å²) in [6.45, 7) is 1.29. The number of nitrogens with zero attached hydrogens (tertiary/aromatic N) is 2. The molecule has 0 saturated heterocycles. The van der Waals surface area contributed by atoms with Crippen molar-refractivity contribution in [3.8, 4) is 0 Å². The van der Waals surface area contributed by atoms with Crippen LogP contribution in [0.4, 0.5) is 10.1 Å². The van der Waals surface area contributed by atoms with Crippen molar-refractivity contribution < 1.29 is 14.0 Å². The molecular weight excluding hydrogens is 345 g/mol. The molecule has 0 saturated carbocycles. The third-order valence-corrected chi connectivity index (χ3v) is 4.75. The van der Waals surface area contributed by atoms with Gasteiger partial charge in [-0.25, -0.2) is 4.39 Å². The summed E-state index contributed by atoms with van der Waals surface area (Å²) < 4.78 is 14.1. The van der Waals surface area contributed by atoms with Gasteiger partial charge in [-0.2, -0.15) is 0 Å². The standard InChI is InChI=1S/C21H24FN3O2/c1-24(2)11-12-25(14-15-7-3-5-9-18(15)22)21(27)17-13-20(26)23-19-10-6-4-8-16(17)19/h3-10,17H,11-14H2,1-2H3,(H,23,26). The highest BCUT2D eigenvalue weighted by atomic mass is 19.1. The summed E-state index contributed by atoms with van der Waals surface area (Å²) in [5, 5.41) is 2.81. The van der Waals surface area contributed by atoms with E-state index in [-0.39, 0.29) is 30.6 Å². The van der Waals surface area contributed by atoms with E-state index < -0.39 is 5.92 Å². The number of hydrogen-bond donors (Lipinski definition) is 1. The summed E-state index contributed by atoms with van der Waals surface area (Å²) >= 11 is 0. The van der Waals surface area contributed by atoms with Crippen molar-refractivity contribution in [3.63, 3.8) is 0 Å². The van der Waals surface area contributed by atoms with E-state index in [1.807, 2.05) is 37.2 Å². The van der Waals surface area contributed by atoms with Crippen molar-refractivity contribution in [2.24, 2.45) is 0 Å². The highest BCUT2D eigenvalue weighted by Gasteiger charge is 2.33. The lowest BCUT2D eigenvalue weighted by molar-refractivity contribution is -0.135. The molecule has 3 rings (SSSR count). The van der Waals surface area contributed by atoms with Crippen LogP contribution < -0.4 is 5.32 Å². The Labute approximate surface area is 158 Å². The Bertz CT molecular complexity index is 838. The molecule has 5 nitrogen and oxygen atoms in total. The zero-order valence-electron chi connectivity index (χ0n) is 15.6. The van der Waals surface area contributed by atoms with Gasteiger partial charge in [0, 0.05) is 37.3 Å². The van der Waals surface area contributed by atoms with Crippen LogP contribution in [-0.2, 0) is 16.1 Å². The number of carbonyl (C=O) groups is 2. The summed E-state index contributed by atoms with van der Waals surface area (Å²) in [5.41, 5.74) is 1.95. The number of nitrogens with one attached hydrogen (secondary N) is 1. The number of rotatable bonds is 6. The number of benzene rings is 2. The fraction of sp³-hybridized carbons (Fsp3) is 0.333. The first kappa shape index (κ1) is 19.0. The van der Waals surface area contributed by atoms with E-state index in [4.69, 9.17) is 0 Å². The smallest absolute Gasteiger partial charge is 0.231 e. The van der Waals surface area contributed by atoms with E-state index in [0.717, 1.165) is 5.56 Å². The second-order valence-electron chi connectivity index (χ2n) is 7.05. The van der Waals surface area contributed by atoms with Gasteiger partial charge in [0.1, 0.15) is 5.82 Å². The molecule has 0 fully saturated rings. The minimum atomic E-state index is -0.552. The average molecular weight is 369 g/mol. The molecule has 1 aliphatic heterocycles. The molecule has 1 N–H and O–H groups in total. The second-order valence-corrected chi connectivity index (χ2v) is 7.05. The van der Waals surface area contributed by atoms with Crippen molar-refractivity contribution in [1.82, 2.24) is 9.80 Å². The number of likely N-dealkylation sites (N-methyl/N-ethyl adjacent to an activating group) is 1. The van der Waals surface area contributed by atoms with Crippen LogP contribution in [0.15, 0.2) is 48.5 Å². The summed E-state index contributed by atoms with van der Waals surface area (Å²) in [4.78, 5) is 29.1. The molecule has 142 valence electrons. The molecule has 2 aromatic carbocycles. The number of hydrogen-bond acceptors (Lipinski definition) is 3. The molecule has 27 heavy (non-hydrogen) atoms. The van der Waals surface area contributed by atoms with E-state index >= 15 is 0 Å². The van der Waals surface area contributed by atoms with Crippen molar-refractivity contribution >= 4 is 17.5 Å². The van der Waals surface area contributed by atoms with Gasteiger partial charge >= 0.3 is 0 Å². The second kappa shape index (κ2) is 8.31. The Hall–Kier alpha value is -2.73. The number of amides is 2. The molecule has 1 unspecified atom stereocenters. The van der Waals surface area contributed by atoms with Gasteiger partial charge in [-0.15, -0.1) is 0 Å². The van der Waals surface area contributed by atoms with Crippen LogP contribution in [0.1, 0.15) is 23.5 Å². The highest BCUT2D eigenvalue weighted by Crippen LogP contribution is 2.33. The monoisotopic (exact) mass is 369 g/mol. The minimum absolute atomic E-state index is 0.103. The molecule has 1 heterocycles. The number of halogens is 1. The largest absolute Gasteiger partial charge is 0.336 e. The van der Waals surface area contributed by atoms with E-state index in [1.54, 1.807) is 29.2 Å². The predicted octanol–water partition coefficient (Wildman–Crippen LogP) is 2.84. The van der Waals surface area contributed by atoms with Crippen molar-refractivity contribution in [1.29, 1.82) is 0 Å². The van der Waals surface area contributed by atoms with E-state index in [2.05, 4.69) is 5.32 Å². The number of anilines is 1. The molecule has 0 aromatic heterocycles. The van der Waals surface area contributed by atoms with Gasteiger partial charge in [0.15, 0.2) is 0 Å². The Morgan fingerprint density at radius 3 is 2.56 bits per heavy atom. The van der Waals surface area contributed by atoms with Gasteiger partial charge in [0.2, 0.25) is 11.8 Å². The Morgan fingerprint density at radius 2 is 1.81 bits per heavy atom. The Balaban J connectivity index is 1.88. The fourth-order valence-corrected chi connectivity index (χ4v) is 3.27. The summed E-state index contributed by atoms with van der Waals surface area (Å²) in [6.07, 6.45) is 0.103. The van der Waals surface area contributed by atoms with Crippen molar-refractivity contribution in [3.05, 3.63) is 65.5 Å². The first-order valence-electron chi connectivity index (χ1n) is 9.01. The third kappa shape index (κ3) is 4.52. The van der Waals surface area contributed by atoms with Crippen LogP contribution in [0.2, 0.25) is 0 Å². The van der Waals surface area contributed by atoms with E-state index in [1.165, 1.54) is 6.07 Å². The third-order valence-electron chi connectivity index (χ3n) is 4.75. The van der Waals surface area contributed by atoms with Crippen LogP contribution in [0.25, 0.3) is 0 Å². The minimum Gasteiger partial charge on any atom is -0.336 e. The van der Waals surface area contributed by atoms with Gasteiger partial charge in [-0.1, -0.05) is 36.4 Å². The number of para-hydroxylation sites is 1. The van der Waals surface area contributed by atoms with Crippen LogP contribution in [0.3, 0.4) is 0 Å². The lowest BCUT2D eigenvalue weighted by atomic mass is 9.89. The molecule has 6 heteroatoms. The van der Waals surface area contributed by atoms with Gasteiger partial charge in [0.25, 0.3) is 0 Å². The SMILES string of the molecule is CN(C)CCN(Cc1ccccc1F)C(=O)C1CC(=O)Nc2ccccc21.